The van der Waals surface area contributed by atoms with Crippen molar-refractivity contribution in [3.63, 3.8) is 0 Å². The Morgan fingerprint density at radius 3 is 0.458 bits per heavy atom. The maximum absolute atomic E-state index is 14.1. The van der Waals surface area contributed by atoms with Crippen molar-refractivity contribution in [2.45, 2.75) is 432 Å². The normalized spacial score (nSPS) is 16.4. The van der Waals surface area contributed by atoms with Crippen LogP contribution < -0.4 is 0 Å². The third-order valence-corrected chi connectivity index (χ3v) is 27.2. The Hall–Kier alpha value is -9.22. The summed E-state index contributed by atoms with van der Waals surface area (Å²) >= 11 is 0. The number of aryl methyl sites for hydroxylation is 6. The minimum atomic E-state index is -1.58. The van der Waals surface area contributed by atoms with E-state index in [0.29, 0.717) is 50.8 Å². The summed E-state index contributed by atoms with van der Waals surface area (Å²) in [4.78, 5) is 82.3. The number of phenols is 6. The van der Waals surface area contributed by atoms with E-state index in [4.69, 9.17) is 47.4 Å². The van der Waals surface area contributed by atoms with Crippen molar-refractivity contribution in [2.75, 3.05) is 66.1 Å². The van der Waals surface area contributed by atoms with Gasteiger partial charge in [0.15, 0.2) is 12.6 Å². The summed E-state index contributed by atoms with van der Waals surface area (Å²) in [7, 11) is 0. The van der Waals surface area contributed by atoms with Gasteiger partial charge in [0.25, 0.3) is 0 Å². The molecule has 6 N–H and O–H groups in total. The molecule has 22 nitrogen and oxygen atoms in total. The summed E-state index contributed by atoms with van der Waals surface area (Å²) in [6, 6.07) is 23.4. The zero-order valence-corrected chi connectivity index (χ0v) is 95.9. The zero-order chi connectivity index (χ0) is 110. The minimum Gasteiger partial charge on any atom is -0.507 e. The zero-order valence-electron chi connectivity index (χ0n) is 95.9. The molecule has 144 heavy (non-hydrogen) atoms. The van der Waals surface area contributed by atoms with Gasteiger partial charge in [0.2, 0.25) is 0 Å². The quantitative estimate of drug-likeness (QED) is 0.0169. The summed E-state index contributed by atoms with van der Waals surface area (Å²) < 4.78 is 60.9. The Bertz CT molecular complexity index is 4700. The van der Waals surface area contributed by atoms with Gasteiger partial charge in [-0.3, -0.25) is 28.8 Å². The predicted octanol–water partition coefficient (Wildman–Crippen LogP) is 25.6. The number of rotatable bonds is 32. The number of hydrogen-bond acceptors (Lipinski definition) is 22. The molecule has 0 saturated carbocycles. The molecule has 2 fully saturated rings. The van der Waals surface area contributed by atoms with E-state index >= 15 is 0 Å². The molecule has 0 unspecified atom stereocenters. The monoisotopic (exact) mass is 2000 g/mol. The topological polar surface area (TPSA) is 316 Å². The highest BCUT2D eigenvalue weighted by Gasteiger charge is 2.50. The third kappa shape index (κ3) is 33.9. The lowest BCUT2D eigenvalue weighted by atomic mass is 9.78. The molecule has 1 spiro atoms. The summed E-state index contributed by atoms with van der Waals surface area (Å²) in [6.07, 6.45) is 1.12. The Kier molecular flexibility index (Phi) is 38.8. The fraction of sp³-hybridized carbons (Fsp3) is 0.656. The molecule has 0 bridgehead atoms. The highest BCUT2D eigenvalue weighted by molar-refractivity contribution is 5.74. The summed E-state index contributed by atoms with van der Waals surface area (Å²) in [5.74, 6) is -1.45. The van der Waals surface area contributed by atoms with Crippen LogP contribution in [0, 0.1) is 21.7 Å². The van der Waals surface area contributed by atoms with E-state index in [1.807, 2.05) is 267 Å². The van der Waals surface area contributed by atoms with Crippen LogP contribution in [0.5, 0.6) is 34.5 Å². The van der Waals surface area contributed by atoms with Crippen LogP contribution in [0.1, 0.15) is 416 Å². The molecule has 804 valence electrons. The maximum atomic E-state index is 14.1. The van der Waals surface area contributed by atoms with E-state index in [-0.39, 0.29) is 134 Å². The van der Waals surface area contributed by atoms with Crippen LogP contribution in [-0.2, 0) is 180 Å². The second kappa shape index (κ2) is 45.9. The maximum Gasteiger partial charge on any atom is 0.306 e. The molecule has 2 aliphatic heterocycles. The first kappa shape index (κ1) is 122. The van der Waals surface area contributed by atoms with Gasteiger partial charge in [0.1, 0.15) is 79.6 Å². The molecule has 6 aromatic carbocycles. The first-order chi connectivity index (χ1) is 65.3. The molecular formula is C122H184O22. The molecule has 0 atom stereocenters. The van der Waals surface area contributed by atoms with Gasteiger partial charge in [-0.2, -0.15) is 0 Å². The van der Waals surface area contributed by atoms with Gasteiger partial charge in [-0.25, -0.2) is 0 Å². The van der Waals surface area contributed by atoms with E-state index in [0.717, 1.165) is 100 Å². The second-order valence-corrected chi connectivity index (χ2v) is 55.1. The lowest BCUT2D eigenvalue weighted by Crippen LogP contribution is -2.57. The number of benzene rings is 6. The van der Waals surface area contributed by atoms with Crippen LogP contribution in [0.2, 0.25) is 0 Å². The van der Waals surface area contributed by atoms with Gasteiger partial charge >= 0.3 is 35.8 Å². The Morgan fingerprint density at radius 1 is 0.222 bits per heavy atom. The van der Waals surface area contributed by atoms with E-state index in [2.05, 4.69) is 83.1 Å². The van der Waals surface area contributed by atoms with Crippen molar-refractivity contribution in [3.8, 4) is 34.5 Å². The van der Waals surface area contributed by atoms with Crippen LogP contribution in [-0.4, -0.2) is 145 Å². The van der Waals surface area contributed by atoms with Crippen molar-refractivity contribution in [2.24, 2.45) is 21.7 Å². The van der Waals surface area contributed by atoms with Crippen LogP contribution >= 0.6 is 0 Å². The Balaban J connectivity index is 0.000000416. The molecule has 0 radical (unpaired) electrons. The lowest BCUT2D eigenvalue weighted by molar-refractivity contribution is -0.337. The van der Waals surface area contributed by atoms with E-state index in [1.54, 1.807) is 0 Å². The largest absolute Gasteiger partial charge is 0.507 e. The molecule has 2 saturated heterocycles. The lowest BCUT2D eigenvalue weighted by Gasteiger charge is -2.48. The molecule has 22 heteroatoms. The Labute approximate surface area is 864 Å². The van der Waals surface area contributed by atoms with Crippen LogP contribution in [0.25, 0.3) is 0 Å². The average molecular weight is 2000 g/mol. The first-order valence-corrected chi connectivity index (χ1v) is 51.9. The molecule has 0 aromatic heterocycles. The second-order valence-electron chi connectivity index (χ2n) is 55.1. The van der Waals surface area contributed by atoms with Crippen LogP contribution in [0.4, 0.5) is 0 Å². The highest BCUT2D eigenvalue weighted by atomic mass is 16.7. The average Bonchev–Trinajstić information content (AvgIpc) is 0.806. The number of ether oxygens (including phenoxy) is 10. The number of carbonyl (C=O) groups excluding carboxylic acids is 6. The molecular weight excluding hydrogens is 1820 g/mol. The van der Waals surface area contributed by atoms with Crippen molar-refractivity contribution < 1.29 is 107 Å². The highest BCUT2D eigenvalue weighted by Crippen LogP contribution is 2.49. The third-order valence-electron chi connectivity index (χ3n) is 27.2. The van der Waals surface area contributed by atoms with Gasteiger partial charge in [0.05, 0.1) is 31.8 Å². The Morgan fingerprint density at radius 2 is 0.340 bits per heavy atom. The SMILES string of the molecule is CC(C)(C)c1cc(CCC(=O)OCC(C)(C)C2OCC3(CO2)COC(C(C)(C)COC(=O)CCc2cc(C(C)(C)C)c(O)c(C(C)(C)C)c2)OC3)cc(C(C)(C)C)c1O.CC(C)(C)c1cc(CCC(=O)OCC(COC(=O)CCc2cc(C(C)(C)C)c(O)c(C(C)(C)C)c2)(COC(=O)CCc2cc(C(C)(C)C)c(O)c(C(C)(C)C)c2)COC(=O)CCc2cc(C(C)(C)C)c(O)c(C(C)(C)C)c2)cc(C(C)(C)C)c1O. The van der Waals surface area contributed by atoms with E-state index in [1.165, 1.54) is 0 Å². The molecule has 2 heterocycles. The number of aromatic hydroxyl groups is 6. The summed E-state index contributed by atoms with van der Waals surface area (Å²) in [5.41, 5.74) is 7.39. The van der Waals surface area contributed by atoms with Crippen LogP contribution in [0.15, 0.2) is 72.8 Å². The van der Waals surface area contributed by atoms with Gasteiger partial charge in [0, 0.05) is 49.4 Å². The van der Waals surface area contributed by atoms with Gasteiger partial charge in [-0.1, -0.05) is 350 Å². The van der Waals surface area contributed by atoms with Crippen molar-refractivity contribution >= 4 is 35.8 Å². The molecule has 0 amide bonds. The van der Waals surface area contributed by atoms with Crippen molar-refractivity contribution in [1.82, 2.24) is 0 Å². The number of esters is 6. The fourth-order valence-electron chi connectivity index (χ4n) is 17.9. The minimum absolute atomic E-state index is 0.0629. The summed E-state index contributed by atoms with van der Waals surface area (Å²) in [6.45, 7) is 81.2. The van der Waals surface area contributed by atoms with Crippen molar-refractivity contribution in [3.05, 3.63) is 173 Å². The predicted molar refractivity (Wildman–Crippen MR) is 573 cm³/mol. The number of hydrogen-bond donors (Lipinski definition) is 6. The van der Waals surface area contributed by atoms with Crippen molar-refractivity contribution in [1.29, 1.82) is 0 Å². The van der Waals surface area contributed by atoms with Crippen LogP contribution in [0.3, 0.4) is 0 Å². The standard InChI is InChI=1S/C73H108O12.C49H76O10/c1-65(2,3)49-33-45(34-50(61(49)78)66(4,5)6)25-29-57(74)82-41-73(42-83-58(75)30-26-46-35-51(67(7,8)9)62(79)52(36-46)68(10,11)12,43-84-59(76)31-27-47-37-53(69(13,14)15)63(80)54(38-47)70(16,17)18)44-85-60(77)32-28-48-39-55(71(19,20)21)64(81)56(40-48)72(22,23)24;1-43(2,3)33-21-31(22-34(39(33)52)44(4,5)6)17-19-37(50)54-25-47(13,14)41-56-27-49(28-57-41)29-58-42(59-30-49)48(15,16)26-55-38(51)20-18-32-23-35(45(7,8)9)40(53)36(24-32)46(10,11)12/h33-40,78-81H,25-32,41-44H2,1-24H3;21-24,41-42,52-53H,17-20,25-30H2,1-16H3. The number of carbonyl (C=O) groups is 6. The first-order valence-electron chi connectivity index (χ1n) is 51.9. The van der Waals surface area contributed by atoms with E-state index < -0.39 is 128 Å². The van der Waals surface area contributed by atoms with Gasteiger partial charge in [-0.05, 0) is 204 Å². The fourth-order valence-corrected chi connectivity index (χ4v) is 17.9. The molecule has 6 aromatic rings. The molecule has 2 aliphatic rings. The smallest absolute Gasteiger partial charge is 0.306 e. The molecule has 0 aliphatic carbocycles. The molecule has 8 rings (SSSR count). The number of phenolic OH excluding ortho intramolecular Hbond substituents is 6. The van der Waals surface area contributed by atoms with Gasteiger partial charge in [-0.15, -0.1) is 0 Å². The van der Waals surface area contributed by atoms with E-state index in [9.17, 15) is 59.4 Å². The summed E-state index contributed by atoms with van der Waals surface area (Å²) in [5, 5.41) is 67.8. The van der Waals surface area contributed by atoms with Gasteiger partial charge < -0.3 is 78.0 Å².